The zero-order chi connectivity index (χ0) is 43.2. The molecule has 0 aliphatic carbocycles. The molecule has 0 radical (unpaired) electrons. The number of carbonyl (C=O) groups excluding carboxylic acids is 3. The average Bonchev–Trinajstić information content (AvgIpc) is 3.66. The molecule has 2 aromatic carbocycles. The minimum Gasteiger partial charge on any atom is -0.508 e. The summed E-state index contributed by atoms with van der Waals surface area (Å²) in [6, 6.07) is 14.9. The molecule has 7 N–H and O–H groups in total. The van der Waals surface area contributed by atoms with Gasteiger partial charge in [0.2, 0.25) is 11.8 Å². The van der Waals surface area contributed by atoms with Gasteiger partial charge in [0.15, 0.2) is 0 Å². The number of aliphatic hydroxyl groups is 2. The second-order valence-corrected chi connectivity index (χ2v) is 15.2. The maximum absolute atomic E-state index is 13.6. The van der Waals surface area contributed by atoms with Gasteiger partial charge in [0.25, 0.3) is 11.8 Å². The Morgan fingerprint density at radius 2 is 1.17 bits per heavy atom. The summed E-state index contributed by atoms with van der Waals surface area (Å²) >= 11 is 0. The molecule has 324 valence electrons. The number of β-amino-alcohol motifs (C(OH)–C–C–N with tert-alkyl or cyclic N) is 2. The van der Waals surface area contributed by atoms with E-state index in [2.05, 4.69) is 15.3 Å². The van der Waals surface area contributed by atoms with Gasteiger partial charge in [0, 0.05) is 73.0 Å². The predicted molar refractivity (Wildman–Crippen MR) is 216 cm³/mol. The SMILES string of the molecule is Cc1cc(CN)cc(Oc2cc(O)cc(C(=O)N3CC(O)C(F)C3)c2)n1.Cc1cc(CNC(=O)OC(C)(C)C)cc(Oc2cc(O)cc(C(=O)N3CC(O)C(F)C3)c2)n1.Cl. The van der Waals surface area contributed by atoms with E-state index in [1.54, 1.807) is 52.8 Å². The van der Waals surface area contributed by atoms with Gasteiger partial charge in [-0.15, -0.1) is 12.4 Å². The van der Waals surface area contributed by atoms with E-state index < -0.39 is 48.1 Å². The predicted octanol–water partition coefficient (Wildman–Crippen LogP) is 4.99. The van der Waals surface area contributed by atoms with Gasteiger partial charge in [0.1, 0.15) is 53.2 Å². The van der Waals surface area contributed by atoms with Crippen LogP contribution in [0.1, 0.15) is 64.0 Å². The zero-order valence-corrected chi connectivity index (χ0v) is 34.4. The van der Waals surface area contributed by atoms with Crippen molar-refractivity contribution in [2.24, 2.45) is 5.73 Å². The van der Waals surface area contributed by atoms with Crippen LogP contribution in [0.5, 0.6) is 34.8 Å². The van der Waals surface area contributed by atoms with Gasteiger partial charge >= 0.3 is 6.09 Å². The number of aromatic nitrogens is 2. The van der Waals surface area contributed by atoms with Crippen molar-refractivity contribution in [1.29, 1.82) is 0 Å². The third-order valence-corrected chi connectivity index (χ3v) is 8.79. The first-order chi connectivity index (χ1) is 27.7. The normalized spacial score (nSPS) is 18.5. The Hall–Kier alpha value is -5.82. The first-order valence-electron chi connectivity index (χ1n) is 18.6. The molecule has 16 nitrogen and oxygen atoms in total. The monoisotopic (exact) mass is 858 g/mol. The summed E-state index contributed by atoms with van der Waals surface area (Å²) in [4.78, 5) is 48.0. The van der Waals surface area contributed by atoms with E-state index in [-0.39, 0.29) is 91.0 Å². The number of benzene rings is 2. The Bertz CT molecular complexity index is 2160. The van der Waals surface area contributed by atoms with Gasteiger partial charge < -0.3 is 55.5 Å². The highest BCUT2D eigenvalue weighted by molar-refractivity contribution is 5.96. The maximum Gasteiger partial charge on any atom is 0.407 e. The first kappa shape index (κ1) is 46.9. The third kappa shape index (κ3) is 13.1. The Labute approximate surface area is 351 Å². The number of hydrogen-bond donors (Lipinski definition) is 6. The number of halogens is 3. The molecule has 4 unspecified atom stereocenters. The van der Waals surface area contributed by atoms with Crippen LogP contribution < -0.4 is 20.5 Å². The molecule has 0 saturated carbocycles. The molecule has 3 amide bonds. The summed E-state index contributed by atoms with van der Waals surface area (Å²) in [6.07, 6.45) is -5.97. The molecule has 4 heterocycles. The lowest BCUT2D eigenvalue weighted by Crippen LogP contribution is -2.32. The molecule has 2 aromatic heterocycles. The number of aliphatic hydroxyl groups excluding tert-OH is 2. The number of pyridine rings is 2. The number of nitrogens with two attached hydrogens (primary N) is 1. The van der Waals surface area contributed by atoms with E-state index in [1.807, 2.05) is 6.07 Å². The number of aromatic hydroxyl groups is 2. The van der Waals surface area contributed by atoms with Crippen molar-refractivity contribution >= 4 is 30.3 Å². The topological polar surface area (TPSA) is 230 Å². The number of phenols is 2. The van der Waals surface area contributed by atoms with E-state index in [1.165, 1.54) is 46.2 Å². The lowest BCUT2D eigenvalue weighted by molar-refractivity contribution is 0.0523. The minimum absolute atomic E-state index is 0. The standard InChI is InChI=1S/C23H28FN3O6.C18H20FN3O4.ClH/c1-13-5-14(10-25-22(31)33-23(2,3)4)6-20(26-13)32-17-8-15(7-16(28)9-17)21(30)27-11-18(24)19(29)12-27;1-10-2-11(7-20)3-17(21-10)26-14-5-12(4-13(23)6-14)18(25)22-8-15(19)16(24)9-22;/h5-9,18-19,28-29H,10-12H2,1-4H3,(H,25,31);2-6,15-16,23-24H,7-9,20H2,1H3;1H. The fourth-order valence-corrected chi connectivity index (χ4v) is 6.19. The summed E-state index contributed by atoms with van der Waals surface area (Å²) in [5.74, 6) is -0.569. The van der Waals surface area contributed by atoms with Crippen LogP contribution in [0.4, 0.5) is 13.6 Å². The number of nitrogens with zero attached hydrogens (tertiary/aromatic N) is 4. The van der Waals surface area contributed by atoms with Crippen LogP contribution in [0, 0.1) is 13.8 Å². The molecule has 2 saturated heterocycles. The molecular weight excluding hydrogens is 810 g/mol. The number of hydrogen-bond acceptors (Lipinski definition) is 13. The smallest absolute Gasteiger partial charge is 0.407 e. The Kier molecular flexibility index (Phi) is 15.6. The average molecular weight is 859 g/mol. The van der Waals surface area contributed by atoms with Crippen molar-refractivity contribution in [2.45, 2.75) is 77.9 Å². The highest BCUT2D eigenvalue weighted by atomic mass is 35.5. The lowest BCUT2D eigenvalue weighted by Gasteiger charge is -2.19. The van der Waals surface area contributed by atoms with E-state index in [0.717, 1.165) is 11.3 Å². The Balaban J connectivity index is 0.000000267. The zero-order valence-electron chi connectivity index (χ0n) is 33.6. The Morgan fingerprint density at radius 1 is 0.733 bits per heavy atom. The van der Waals surface area contributed by atoms with E-state index in [4.69, 9.17) is 19.9 Å². The summed E-state index contributed by atoms with van der Waals surface area (Å²) in [6.45, 7) is 8.74. The Morgan fingerprint density at radius 3 is 1.57 bits per heavy atom. The van der Waals surface area contributed by atoms with Gasteiger partial charge in [-0.05, 0) is 82.1 Å². The van der Waals surface area contributed by atoms with Crippen molar-refractivity contribution in [2.75, 3.05) is 26.2 Å². The maximum atomic E-state index is 13.6. The number of alkyl carbamates (subject to hydrolysis) is 1. The number of nitrogens with one attached hydrogen (secondary N) is 1. The van der Waals surface area contributed by atoms with Gasteiger partial charge in [-0.1, -0.05) is 0 Å². The van der Waals surface area contributed by atoms with Crippen LogP contribution in [0.15, 0.2) is 60.7 Å². The summed E-state index contributed by atoms with van der Waals surface area (Å²) in [5, 5.41) is 41.7. The van der Waals surface area contributed by atoms with Crippen LogP contribution in [0.3, 0.4) is 0 Å². The highest BCUT2D eigenvalue weighted by Crippen LogP contribution is 2.30. The second-order valence-electron chi connectivity index (χ2n) is 15.2. The molecule has 60 heavy (non-hydrogen) atoms. The van der Waals surface area contributed by atoms with Crippen LogP contribution in [-0.4, -0.2) is 114 Å². The van der Waals surface area contributed by atoms with Gasteiger partial charge in [-0.25, -0.2) is 23.5 Å². The van der Waals surface area contributed by atoms with Crippen molar-refractivity contribution in [3.05, 3.63) is 94.3 Å². The number of likely N-dealkylation sites (tertiary alicyclic amines) is 2. The first-order valence-corrected chi connectivity index (χ1v) is 18.6. The van der Waals surface area contributed by atoms with Crippen molar-refractivity contribution in [3.63, 3.8) is 0 Å². The molecule has 2 fully saturated rings. The van der Waals surface area contributed by atoms with Crippen LogP contribution >= 0.6 is 12.4 Å². The van der Waals surface area contributed by atoms with E-state index in [0.29, 0.717) is 17.8 Å². The van der Waals surface area contributed by atoms with Crippen LogP contribution in [-0.2, 0) is 17.8 Å². The number of ether oxygens (including phenoxy) is 3. The third-order valence-electron chi connectivity index (χ3n) is 8.79. The number of amides is 3. The van der Waals surface area contributed by atoms with E-state index >= 15 is 0 Å². The second kappa shape index (κ2) is 20.0. The lowest BCUT2D eigenvalue weighted by atomic mass is 10.1. The highest BCUT2D eigenvalue weighted by Gasteiger charge is 2.36. The molecule has 0 spiro atoms. The van der Waals surface area contributed by atoms with Gasteiger partial charge in [0.05, 0.1) is 13.1 Å². The number of alkyl halides is 2. The summed E-state index contributed by atoms with van der Waals surface area (Å²) in [5.41, 5.74) is 8.14. The largest absolute Gasteiger partial charge is 0.508 e. The number of carbonyl (C=O) groups is 3. The fourth-order valence-electron chi connectivity index (χ4n) is 6.19. The molecule has 0 bridgehead atoms. The quantitative estimate of drug-likeness (QED) is 0.131. The van der Waals surface area contributed by atoms with Crippen molar-refractivity contribution < 1.29 is 57.8 Å². The molecular formula is C41H49ClF2N6O10. The number of phenolic OH excluding ortho intramolecular Hbond substituents is 2. The molecule has 2 aliphatic rings. The molecule has 4 aromatic rings. The number of aryl methyl sites for hydroxylation is 2. The van der Waals surface area contributed by atoms with Crippen molar-refractivity contribution in [3.8, 4) is 34.8 Å². The van der Waals surface area contributed by atoms with Gasteiger partial charge in [-0.2, -0.15) is 0 Å². The fraction of sp³-hybridized carbons (Fsp3) is 0.390. The van der Waals surface area contributed by atoms with Crippen LogP contribution in [0.2, 0.25) is 0 Å². The summed E-state index contributed by atoms with van der Waals surface area (Å²) in [7, 11) is 0. The number of rotatable bonds is 9. The van der Waals surface area contributed by atoms with Crippen LogP contribution in [0.25, 0.3) is 0 Å². The molecule has 4 atom stereocenters. The molecule has 19 heteroatoms. The molecule has 6 rings (SSSR count). The van der Waals surface area contributed by atoms with E-state index in [9.17, 15) is 43.6 Å². The van der Waals surface area contributed by atoms with Crippen molar-refractivity contribution in [1.82, 2.24) is 25.1 Å². The summed E-state index contributed by atoms with van der Waals surface area (Å²) < 4.78 is 43.7. The molecule has 2 aliphatic heterocycles. The van der Waals surface area contributed by atoms with Gasteiger partial charge in [-0.3, -0.25) is 9.59 Å². The minimum atomic E-state index is -1.51.